The van der Waals surface area contributed by atoms with Gasteiger partial charge in [-0.25, -0.2) is 9.97 Å². The van der Waals surface area contributed by atoms with Crippen LogP contribution in [0.4, 0.5) is 5.82 Å². The summed E-state index contributed by atoms with van der Waals surface area (Å²) in [7, 11) is 1.87. The van der Waals surface area contributed by atoms with Gasteiger partial charge in [-0.05, 0) is 6.42 Å². The second-order valence-corrected chi connectivity index (χ2v) is 7.80. The Labute approximate surface area is 184 Å². The van der Waals surface area contributed by atoms with E-state index in [1.807, 2.05) is 42.3 Å². The van der Waals surface area contributed by atoms with E-state index < -0.39 is 0 Å². The van der Waals surface area contributed by atoms with Crippen LogP contribution in [-0.2, 0) is 18.3 Å². The largest absolute Gasteiger partial charge is 0.352 e. The summed E-state index contributed by atoms with van der Waals surface area (Å²) in [5, 5.41) is 9.24. The third kappa shape index (κ3) is 4.03. The monoisotopic (exact) mass is 432 g/mol. The van der Waals surface area contributed by atoms with Crippen LogP contribution in [0.2, 0.25) is 0 Å². The number of anilines is 1. The molecule has 164 valence electrons. The van der Waals surface area contributed by atoms with E-state index in [0.717, 1.165) is 35.5 Å². The minimum Gasteiger partial charge on any atom is -0.352 e. The molecule has 1 amide bonds. The van der Waals surface area contributed by atoms with E-state index in [1.54, 1.807) is 17.2 Å². The molecule has 10 heteroatoms. The lowest BCUT2D eigenvalue weighted by molar-refractivity contribution is -0.131. The SMILES string of the molecule is Cn1ncc2c(N3CCN(C(=O)CCCc4nc(-c5ccccc5)no4)CC3)ncnc21. The first-order valence-corrected chi connectivity index (χ1v) is 10.7. The number of fused-ring (bicyclic) bond motifs is 1. The lowest BCUT2D eigenvalue weighted by Crippen LogP contribution is -2.49. The summed E-state index contributed by atoms with van der Waals surface area (Å²) in [6, 6.07) is 9.71. The van der Waals surface area contributed by atoms with Crippen LogP contribution in [0, 0.1) is 0 Å². The predicted molar refractivity (Wildman–Crippen MR) is 118 cm³/mol. The van der Waals surface area contributed by atoms with Gasteiger partial charge in [0.15, 0.2) is 5.65 Å². The van der Waals surface area contributed by atoms with Gasteiger partial charge in [-0.15, -0.1) is 0 Å². The number of hydrogen-bond acceptors (Lipinski definition) is 8. The predicted octanol–water partition coefficient (Wildman–Crippen LogP) is 2.08. The Morgan fingerprint density at radius 1 is 1.09 bits per heavy atom. The van der Waals surface area contributed by atoms with Crippen LogP contribution in [0.5, 0.6) is 0 Å². The first kappa shape index (κ1) is 20.1. The minimum absolute atomic E-state index is 0.154. The van der Waals surface area contributed by atoms with Gasteiger partial charge in [-0.3, -0.25) is 9.48 Å². The summed E-state index contributed by atoms with van der Waals surface area (Å²) in [6.45, 7) is 2.81. The highest BCUT2D eigenvalue weighted by Gasteiger charge is 2.23. The molecule has 0 unspecified atom stereocenters. The van der Waals surface area contributed by atoms with E-state index in [2.05, 4.69) is 30.1 Å². The third-order valence-corrected chi connectivity index (χ3v) is 5.72. The van der Waals surface area contributed by atoms with Crippen molar-refractivity contribution in [3.8, 4) is 11.4 Å². The number of carbonyl (C=O) groups is 1. The number of rotatable bonds is 6. The van der Waals surface area contributed by atoms with Crippen LogP contribution in [0.25, 0.3) is 22.4 Å². The number of hydrogen-bond donors (Lipinski definition) is 0. The maximum Gasteiger partial charge on any atom is 0.226 e. The molecule has 10 nitrogen and oxygen atoms in total. The van der Waals surface area contributed by atoms with Crippen molar-refractivity contribution in [3.05, 3.63) is 48.7 Å². The van der Waals surface area contributed by atoms with Crippen LogP contribution in [0.1, 0.15) is 18.7 Å². The van der Waals surface area contributed by atoms with Crippen molar-refractivity contribution in [2.24, 2.45) is 7.05 Å². The maximum atomic E-state index is 12.7. The average Bonchev–Trinajstić information content (AvgIpc) is 3.47. The Morgan fingerprint density at radius 2 is 1.91 bits per heavy atom. The Kier molecular flexibility index (Phi) is 5.49. The lowest BCUT2D eigenvalue weighted by Gasteiger charge is -2.35. The number of benzene rings is 1. The van der Waals surface area contributed by atoms with Crippen LogP contribution >= 0.6 is 0 Å². The molecule has 1 aliphatic rings. The quantitative estimate of drug-likeness (QED) is 0.456. The van der Waals surface area contributed by atoms with E-state index in [9.17, 15) is 4.79 Å². The fraction of sp³-hybridized carbons (Fsp3) is 0.364. The average molecular weight is 432 g/mol. The number of aromatic nitrogens is 6. The molecular formula is C22H24N8O2. The summed E-state index contributed by atoms with van der Waals surface area (Å²) >= 11 is 0. The summed E-state index contributed by atoms with van der Waals surface area (Å²) in [6.07, 6.45) is 5.09. The first-order chi connectivity index (χ1) is 15.7. The molecule has 1 fully saturated rings. The first-order valence-electron chi connectivity index (χ1n) is 10.7. The molecule has 1 aromatic carbocycles. The molecule has 0 radical (unpaired) electrons. The van der Waals surface area contributed by atoms with Gasteiger partial charge < -0.3 is 14.3 Å². The van der Waals surface area contributed by atoms with Crippen molar-refractivity contribution in [2.75, 3.05) is 31.1 Å². The topological polar surface area (TPSA) is 106 Å². The highest BCUT2D eigenvalue weighted by Crippen LogP contribution is 2.23. The number of carbonyl (C=O) groups excluding carboxylic acids is 1. The number of nitrogens with zero attached hydrogens (tertiary/aromatic N) is 8. The molecule has 3 aromatic heterocycles. The fourth-order valence-electron chi connectivity index (χ4n) is 3.98. The molecular weight excluding hydrogens is 408 g/mol. The van der Waals surface area contributed by atoms with Crippen LogP contribution in [0.15, 0.2) is 47.4 Å². The van der Waals surface area contributed by atoms with Crippen molar-refractivity contribution >= 4 is 22.8 Å². The molecule has 1 aliphatic heterocycles. The highest BCUT2D eigenvalue weighted by atomic mass is 16.5. The molecule has 5 rings (SSSR count). The fourth-order valence-corrected chi connectivity index (χ4v) is 3.98. The number of amides is 1. The zero-order valence-electron chi connectivity index (χ0n) is 17.9. The standard InChI is InChI=1S/C22H24N8O2/c1-28-21-17(14-25-28)22(24-15-23-21)30-12-10-29(11-13-30)19(31)9-5-8-18-26-20(27-32-18)16-6-3-2-4-7-16/h2-4,6-7,14-15H,5,8-13H2,1H3. The van der Waals surface area contributed by atoms with Gasteiger partial charge >= 0.3 is 0 Å². The Bertz CT molecular complexity index is 1210. The van der Waals surface area contributed by atoms with Crippen molar-refractivity contribution < 1.29 is 9.32 Å². The number of piperazine rings is 1. The lowest BCUT2D eigenvalue weighted by atomic mass is 10.2. The second-order valence-electron chi connectivity index (χ2n) is 7.80. The summed E-state index contributed by atoms with van der Waals surface area (Å²) in [5.74, 6) is 2.17. The summed E-state index contributed by atoms with van der Waals surface area (Å²) in [4.78, 5) is 30.0. The molecule has 0 spiro atoms. The smallest absolute Gasteiger partial charge is 0.226 e. The summed E-state index contributed by atoms with van der Waals surface area (Å²) < 4.78 is 7.08. The Morgan fingerprint density at radius 3 is 2.72 bits per heavy atom. The van der Waals surface area contributed by atoms with Crippen LogP contribution in [0.3, 0.4) is 0 Å². The van der Waals surface area contributed by atoms with Crippen LogP contribution < -0.4 is 4.90 Å². The Balaban J connectivity index is 1.12. The summed E-state index contributed by atoms with van der Waals surface area (Å²) in [5.41, 5.74) is 1.73. The van der Waals surface area contributed by atoms with Gasteiger partial charge in [0, 0.05) is 51.6 Å². The van der Waals surface area contributed by atoms with Gasteiger partial charge in [0.1, 0.15) is 12.1 Å². The normalized spacial score (nSPS) is 14.3. The Hall–Kier alpha value is -3.82. The van der Waals surface area contributed by atoms with Gasteiger partial charge in [0.2, 0.25) is 17.6 Å². The number of aryl methyl sites for hydroxylation is 2. The molecule has 4 heterocycles. The van der Waals surface area contributed by atoms with E-state index in [-0.39, 0.29) is 5.91 Å². The highest BCUT2D eigenvalue weighted by molar-refractivity contribution is 5.86. The maximum absolute atomic E-state index is 12.7. The van der Waals surface area contributed by atoms with Crippen molar-refractivity contribution in [1.82, 2.24) is 34.8 Å². The molecule has 0 bridgehead atoms. The van der Waals surface area contributed by atoms with E-state index >= 15 is 0 Å². The van der Waals surface area contributed by atoms with E-state index in [0.29, 0.717) is 44.1 Å². The molecule has 1 saturated heterocycles. The molecule has 0 saturated carbocycles. The van der Waals surface area contributed by atoms with Crippen molar-refractivity contribution in [1.29, 1.82) is 0 Å². The zero-order chi connectivity index (χ0) is 21.9. The van der Waals surface area contributed by atoms with Crippen molar-refractivity contribution in [3.63, 3.8) is 0 Å². The van der Waals surface area contributed by atoms with Crippen molar-refractivity contribution in [2.45, 2.75) is 19.3 Å². The molecule has 0 atom stereocenters. The van der Waals surface area contributed by atoms with Gasteiger partial charge in [-0.2, -0.15) is 10.1 Å². The van der Waals surface area contributed by atoms with Gasteiger partial charge in [-0.1, -0.05) is 35.5 Å². The zero-order valence-corrected chi connectivity index (χ0v) is 17.9. The molecule has 4 aromatic rings. The molecule has 0 N–H and O–H groups in total. The van der Waals surface area contributed by atoms with E-state index in [1.165, 1.54) is 0 Å². The van der Waals surface area contributed by atoms with Gasteiger partial charge in [0.25, 0.3) is 0 Å². The minimum atomic E-state index is 0.154. The van der Waals surface area contributed by atoms with Crippen LogP contribution in [-0.4, -0.2) is 66.9 Å². The third-order valence-electron chi connectivity index (χ3n) is 5.72. The molecule has 32 heavy (non-hydrogen) atoms. The molecule has 0 aliphatic carbocycles. The van der Waals surface area contributed by atoms with Gasteiger partial charge in [0.05, 0.1) is 11.6 Å². The van der Waals surface area contributed by atoms with E-state index in [4.69, 9.17) is 4.52 Å². The second kappa shape index (κ2) is 8.74.